The maximum Gasteiger partial charge on any atom is 0.237 e. The fourth-order valence-corrected chi connectivity index (χ4v) is 7.32. The summed E-state index contributed by atoms with van der Waals surface area (Å²) in [4.78, 5) is 46.9. The van der Waals surface area contributed by atoms with E-state index in [1.54, 1.807) is 0 Å². The van der Waals surface area contributed by atoms with Crippen molar-refractivity contribution in [2.75, 3.05) is 6.61 Å². The molecule has 1 aliphatic carbocycles. The van der Waals surface area contributed by atoms with Gasteiger partial charge in [0, 0.05) is 23.7 Å². The van der Waals surface area contributed by atoms with Crippen LogP contribution in [-0.2, 0) is 36.8 Å². The van der Waals surface area contributed by atoms with E-state index in [1.807, 2.05) is 68.5 Å². The van der Waals surface area contributed by atoms with E-state index in [9.17, 15) is 14.4 Å². The molecular formula is C43H61N5O5. The van der Waals surface area contributed by atoms with Crippen molar-refractivity contribution in [3.8, 4) is 0 Å². The summed E-state index contributed by atoms with van der Waals surface area (Å²) in [5.74, 6) is 1.08. The van der Waals surface area contributed by atoms with Crippen molar-refractivity contribution in [3.05, 3.63) is 95.9 Å². The number of hydroxylamine groups is 1. The maximum absolute atomic E-state index is 14.5. The standard InChI is InChI=1S/C43H61N5O5/c1-28(2)22-36(40(50)42(7)27-52-42)44-31(6)35(25-33-16-12-9-13-17-33)45-41(51)37(23-29(3)4)47-43(20-21-43)38(19-18-32-14-10-8-11-15-32)46-39(49)26-34-24-30(5)53-48-34/h8-17,24,28-29,34-38,44,47-48H,6,18-23,25-27H2,1-5,7H3,(H,45,51)(H,46,49). The first-order chi connectivity index (χ1) is 25.2. The molecule has 0 bridgehead atoms. The van der Waals surface area contributed by atoms with Crippen molar-refractivity contribution in [3.63, 3.8) is 0 Å². The van der Waals surface area contributed by atoms with Gasteiger partial charge in [-0.3, -0.25) is 19.7 Å². The zero-order valence-electron chi connectivity index (χ0n) is 32.5. The lowest BCUT2D eigenvalue weighted by Gasteiger charge is -2.35. The predicted molar refractivity (Wildman–Crippen MR) is 208 cm³/mol. The molecule has 2 heterocycles. The minimum atomic E-state index is -0.778. The Balaban J connectivity index is 1.34. The number of benzene rings is 2. The number of ether oxygens (including phenoxy) is 1. The number of allylic oxidation sites excluding steroid dienone is 1. The molecule has 2 aromatic carbocycles. The van der Waals surface area contributed by atoms with Crippen molar-refractivity contribution in [1.82, 2.24) is 26.7 Å². The molecule has 2 amide bonds. The number of carbonyl (C=O) groups excluding carboxylic acids is 3. The molecule has 288 valence electrons. The smallest absolute Gasteiger partial charge is 0.237 e. The van der Waals surface area contributed by atoms with Gasteiger partial charge in [0.05, 0.1) is 30.8 Å². The normalized spacial score (nSPS) is 22.2. The van der Waals surface area contributed by atoms with E-state index in [4.69, 9.17) is 9.57 Å². The number of carbonyl (C=O) groups is 3. The molecule has 3 aliphatic rings. The number of hydrogen-bond acceptors (Lipinski definition) is 8. The summed E-state index contributed by atoms with van der Waals surface area (Å²) in [5.41, 5.74) is 4.56. The quantitative estimate of drug-likeness (QED) is 0.101. The van der Waals surface area contributed by atoms with Crippen LogP contribution in [0.3, 0.4) is 0 Å². The van der Waals surface area contributed by atoms with Gasteiger partial charge in [0.25, 0.3) is 0 Å². The maximum atomic E-state index is 14.5. The van der Waals surface area contributed by atoms with Gasteiger partial charge < -0.3 is 25.5 Å². The first-order valence-corrected chi connectivity index (χ1v) is 19.4. The zero-order valence-corrected chi connectivity index (χ0v) is 32.5. The van der Waals surface area contributed by atoms with Crippen molar-refractivity contribution in [2.45, 2.75) is 134 Å². The van der Waals surface area contributed by atoms with Gasteiger partial charge in [0.2, 0.25) is 11.8 Å². The number of epoxide rings is 1. The van der Waals surface area contributed by atoms with Gasteiger partial charge in [0.15, 0.2) is 5.78 Å². The Hall–Kier alpha value is -3.99. The van der Waals surface area contributed by atoms with Crippen LogP contribution in [-0.4, -0.2) is 65.6 Å². The molecule has 1 saturated carbocycles. The van der Waals surface area contributed by atoms with E-state index in [-0.39, 0.29) is 47.9 Å². The second-order valence-corrected chi connectivity index (χ2v) is 16.4. The summed E-state index contributed by atoms with van der Waals surface area (Å²) in [6, 6.07) is 18.5. The van der Waals surface area contributed by atoms with Gasteiger partial charge in [0.1, 0.15) is 11.4 Å². The minimum absolute atomic E-state index is 0.0122. The summed E-state index contributed by atoms with van der Waals surface area (Å²) in [7, 11) is 0. The van der Waals surface area contributed by atoms with Gasteiger partial charge in [-0.25, -0.2) is 0 Å². The van der Waals surface area contributed by atoms with Crippen LogP contribution in [0.4, 0.5) is 0 Å². The fourth-order valence-electron chi connectivity index (χ4n) is 7.32. The predicted octanol–water partition coefficient (Wildman–Crippen LogP) is 5.44. The summed E-state index contributed by atoms with van der Waals surface area (Å²) >= 11 is 0. The summed E-state index contributed by atoms with van der Waals surface area (Å²) in [6.45, 7) is 16.9. The molecule has 1 saturated heterocycles. The highest BCUT2D eigenvalue weighted by Gasteiger charge is 2.52. The van der Waals surface area contributed by atoms with E-state index in [1.165, 1.54) is 5.56 Å². The van der Waals surface area contributed by atoms with Crippen molar-refractivity contribution in [2.24, 2.45) is 11.8 Å². The lowest BCUT2D eigenvalue weighted by Crippen LogP contribution is -2.60. The van der Waals surface area contributed by atoms with Crippen molar-refractivity contribution < 1.29 is 24.0 Å². The molecule has 2 aromatic rings. The second kappa shape index (κ2) is 17.9. The average molecular weight is 728 g/mol. The molecule has 5 N–H and O–H groups in total. The summed E-state index contributed by atoms with van der Waals surface area (Å²) in [6.07, 6.45) is 7.14. The highest BCUT2D eigenvalue weighted by Crippen LogP contribution is 2.41. The molecule has 0 aromatic heterocycles. The van der Waals surface area contributed by atoms with Gasteiger partial charge in [-0.2, -0.15) is 0 Å². The van der Waals surface area contributed by atoms with Crippen LogP contribution in [0.25, 0.3) is 0 Å². The molecular weight excluding hydrogens is 667 g/mol. The van der Waals surface area contributed by atoms with E-state index in [2.05, 4.69) is 73.2 Å². The monoisotopic (exact) mass is 727 g/mol. The third-order valence-electron chi connectivity index (χ3n) is 10.6. The van der Waals surface area contributed by atoms with Crippen molar-refractivity contribution in [1.29, 1.82) is 0 Å². The van der Waals surface area contributed by atoms with Crippen LogP contribution in [0.5, 0.6) is 0 Å². The van der Waals surface area contributed by atoms with E-state index < -0.39 is 29.3 Å². The number of aryl methyl sites for hydroxylation is 1. The Morgan fingerprint density at radius 1 is 0.868 bits per heavy atom. The lowest BCUT2D eigenvalue weighted by molar-refractivity contribution is -0.126. The molecule has 0 radical (unpaired) electrons. The van der Waals surface area contributed by atoms with Crippen molar-refractivity contribution >= 4 is 17.6 Å². The molecule has 0 spiro atoms. The van der Waals surface area contributed by atoms with Gasteiger partial charge in [-0.05, 0) is 87.8 Å². The Kier molecular flexibility index (Phi) is 13.6. The molecule has 53 heavy (non-hydrogen) atoms. The Morgan fingerprint density at radius 2 is 1.47 bits per heavy atom. The highest BCUT2D eigenvalue weighted by molar-refractivity contribution is 5.94. The molecule has 2 aliphatic heterocycles. The molecule has 10 heteroatoms. The Morgan fingerprint density at radius 3 is 2.02 bits per heavy atom. The topological polar surface area (TPSA) is 133 Å². The molecule has 6 unspecified atom stereocenters. The number of hydrogen-bond donors (Lipinski definition) is 5. The van der Waals surface area contributed by atoms with Crippen LogP contribution in [0.1, 0.15) is 91.2 Å². The average Bonchev–Trinajstić information content (AvgIpc) is 4.03. The number of Topliss-reactive ketones (excluding diaryl/α,β-unsaturated/α-hetero) is 1. The van der Waals surface area contributed by atoms with Crippen LogP contribution in [0.2, 0.25) is 0 Å². The Bertz CT molecular complexity index is 1580. The first-order valence-electron chi connectivity index (χ1n) is 19.4. The second-order valence-electron chi connectivity index (χ2n) is 16.4. The van der Waals surface area contributed by atoms with E-state index in [0.717, 1.165) is 37.0 Å². The third-order valence-corrected chi connectivity index (χ3v) is 10.6. The van der Waals surface area contributed by atoms with Crippen LogP contribution in [0.15, 0.2) is 84.8 Å². The zero-order chi connectivity index (χ0) is 38.2. The van der Waals surface area contributed by atoms with E-state index in [0.29, 0.717) is 31.6 Å². The molecule has 2 fully saturated rings. The highest BCUT2D eigenvalue weighted by atomic mass is 16.7. The van der Waals surface area contributed by atoms with Gasteiger partial charge in [-0.15, -0.1) is 5.48 Å². The SMILES string of the molecule is C=C(NC(CC(C)C)C(=O)C1(C)CO1)C(Cc1ccccc1)NC(=O)C(CC(C)C)NC1(C(CCc2ccccc2)NC(=O)CC2C=C(C)ON2)CC1. The van der Waals surface area contributed by atoms with Crippen LogP contribution in [0, 0.1) is 11.8 Å². The Labute approximate surface area is 316 Å². The fraction of sp³-hybridized carbons (Fsp3) is 0.558. The number of ketones is 1. The third kappa shape index (κ3) is 11.7. The lowest BCUT2D eigenvalue weighted by atomic mass is 9.92. The molecule has 10 nitrogen and oxygen atoms in total. The molecule has 6 atom stereocenters. The van der Waals surface area contributed by atoms with Gasteiger partial charge >= 0.3 is 0 Å². The number of rotatable bonds is 22. The van der Waals surface area contributed by atoms with Gasteiger partial charge in [-0.1, -0.05) is 94.9 Å². The largest absolute Gasteiger partial charge is 0.413 e. The van der Waals surface area contributed by atoms with Crippen LogP contribution >= 0.6 is 0 Å². The summed E-state index contributed by atoms with van der Waals surface area (Å²) < 4.78 is 5.53. The van der Waals surface area contributed by atoms with E-state index >= 15 is 0 Å². The summed E-state index contributed by atoms with van der Waals surface area (Å²) in [5, 5.41) is 13.9. The first kappa shape index (κ1) is 40.2. The van der Waals surface area contributed by atoms with Crippen LogP contribution < -0.4 is 26.7 Å². The number of nitrogens with one attached hydrogen (secondary N) is 5. The number of amides is 2. The minimum Gasteiger partial charge on any atom is -0.413 e. The molecule has 5 rings (SSSR count).